The van der Waals surface area contributed by atoms with Gasteiger partial charge < -0.3 is 9.64 Å². The second-order valence-electron chi connectivity index (χ2n) is 4.23. The number of benzene rings is 1. The Morgan fingerprint density at radius 1 is 1.45 bits per heavy atom. The molecule has 0 aliphatic carbocycles. The van der Waals surface area contributed by atoms with Gasteiger partial charge in [0.05, 0.1) is 11.5 Å². The standard InChI is InChI=1S/C13H17BrN2O4/c1-10-9-11(16(18)19)3-4-12(10)13(17)15(6-5-14)7-8-20-2/h3-4,9H,5-8H2,1-2H3. The summed E-state index contributed by atoms with van der Waals surface area (Å²) < 4.78 is 4.99. The van der Waals surface area contributed by atoms with E-state index >= 15 is 0 Å². The van der Waals surface area contributed by atoms with Crippen LogP contribution in [0.15, 0.2) is 18.2 Å². The normalized spacial score (nSPS) is 10.3. The molecule has 0 saturated heterocycles. The zero-order valence-corrected chi connectivity index (χ0v) is 13.1. The molecule has 1 aromatic rings. The molecule has 0 aliphatic heterocycles. The molecule has 0 fully saturated rings. The molecule has 0 unspecified atom stereocenters. The maximum Gasteiger partial charge on any atom is 0.269 e. The highest BCUT2D eigenvalue weighted by molar-refractivity contribution is 9.09. The fraction of sp³-hybridized carbons (Fsp3) is 0.462. The fourth-order valence-electron chi connectivity index (χ4n) is 1.79. The minimum atomic E-state index is -0.470. The van der Waals surface area contributed by atoms with Crippen molar-refractivity contribution in [2.75, 3.05) is 32.1 Å². The van der Waals surface area contributed by atoms with Crippen molar-refractivity contribution in [3.8, 4) is 0 Å². The monoisotopic (exact) mass is 344 g/mol. The number of rotatable bonds is 7. The number of carbonyl (C=O) groups is 1. The van der Waals surface area contributed by atoms with Crippen LogP contribution >= 0.6 is 15.9 Å². The summed E-state index contributed by atoms with van der Waals surface area (Å²) in [5, 5.41) is 11.4. The van der Waals surface area contributed by atoms with Gasteiger partial charge in [0.25, 0.3) is 11.6 Å². The summed E-state index contributed by atoms with van der Waals surface area (Å²) in [6, 6.07) is 4.27. The van der Waals surface area contributed by atoms with E-state index in [1.165, 1.54) is 18.2 Å². The molecule has 0 saturated carbocycles. The molecule has 7 heteroatoms. The zero-order valence-electron chi connectivity index (χ0n) is 11.5. The molecule has 0 spiro atoms. The lowest BCUT2D eigenvalue weighted by molar-refractivity contribution is -0.384. The third-order valence-corrected chi connectivity index (χ3v) is 3.21. The summed E-state index contributed by atoms with van der Waals surface area (Å²) in [6.07, 6.45) is 0. The molecule has 0 atom stereocenters. The molecule has 0 bridgehead atoms. The van der Waals surface area contributed by atoms with Crippen molar-refractivity contribution >= 4 is 27.5 Å². The molecule has 0 radical (unpaired) electrons. The predicted octanol–water partition coefficient (Wildman–Crippen LogP) is 2.39. The SMILES string of the molecule is COCCN(CCBr)C(=O)c1ccc([N+](=O)[O-])cc1C. The molecule has 1 aromatic carbocycles. The van der Waals surface area contributed by atoms with Crippen LogP contribution in [0.25, 0.3) is 0 Å². The minimum Gasteiger partial charge on any atom is -0.383 e. The summed E-state index contributed by atoms with van der Waals surface area (Å²) in [5.41, 5.74) is 1.07. The number of non-ortho nitro benzene ring substituents is 1. The van der Waals surface area contributed by atoms with Crippen molar-refractivity contribution in [1.82, 2.24) is 4.90 Å². The molecule has 1 rings (SSSR count). The number of amides is 1. The van der Waals surface area contributed by atoms with Crippen molar-refractivity contribution in [2.24, 2.45) is 0 Å². The van der Waals surface area contributed by atoms with E-state index in [2.05, 4.69) is 15.9 Å². The van der Waals surface area contributed by atoms with Crippen molar-refractivity contribution in [2.45, 2.75) is 6.92 Å². The first-order chi connectivity index (χ1) is 9.51. The number of nitrogens with zero attached hydrogens (tertiary/aromatic N) is 2. The molecular formula is C13H17BrN2O4. The average Bonchev–Trinajstić information content (AvgIpc) is 2.42. The number of halogens is 1. The number of methoxy groups -OCH3 is 1. The molecule has 0 heterocycles. The lowest BCUT2D eigenvalue weighted by atomic mass is 10.1. The van der Waals surface area contributed by atoms with Gasteiger partial charge in [-0.05, 0) is 18.6 Å². The second kappa shape index (κ2) is 7.96. The van der Waals surface area contributed by atoms with Gasteiger partial charge >= 0.3 is 0 Å². The third-order valence-electron chi connectivity index (χ3n) is 2.86. The van der Waals surface area contributed by atoms with Gasteiger partial charge in [0.2, 0.25) is 0 Å². The number of ether oxygens (including phenoxy) is 1. The Bertz CT molecular complexity index is 493. The second-order valence-corrected chi connectivity index (χ2v) is 5.02. The Labute approximate surface area is 126 Å². The fourth-order valence-corrected chi connectivity index (χ4v) is 2.22. The molecule has 0 N–H and O–H groups in total. The largest absolute Gasteiger partial charge is 0.383 e. The summed E-state index contributed by atoms with van der Waals surface area (Å²) in [4.78, 5) is 24.3. The number of hydrogen-bond donors (Lipinski definition) is 0. The van der Waals surface area contributed by atoms with E-state index in [0.717, 1.165) is 0 Å². The van der Waals surface area contributed by atoms with Crippen LogP contribution < -0.4 is 0 Å². The van der Waals surface area contributed by atoms with Crippen molar-refractivity contribution in [1.29, 1.82) is 0 Å². The van der Waals surface area contributed by atoms with Crippen LogP contribution in [0.3, 0.4) is 0 Å². The average molecular weight is 345 g/mol. The van der Waals surface area contributed by atoms with Gasteiger partial charge in [-0.3, -0.25) is 14.9 Å². The van der Waals surface area contributed by atoms with E-state index in [1.54, 1.807) is 18.9 Å². The Balaban J connectivity index is 2.96. The van der Waals surface area contributed by atoms with Gasteiger partial charge in [0, 0.05) is 43.2 Å². The van der Waals surface area contributed by atoms with Gasteiger partial charge in [0.15, 0.2) is 0 Å². The van der Waals surface area contributed by atoms with Crippen LogP contribution in [0.2, 0.25) is 0 Å². The molecule has 110 valence electrons. The van der Waals surface area contributed by atoms with Gasteiger partial charge in [-0.15, -0.1) is 0 Å². The first-order valence-electron chi connectivity index (χ1n) is 6.10. The maximum absolute atomic E-state index is 12.4. The maximum atomic E-state index is 12.4. The van der Waals surface area contributed by atoms with Crippen LogP contribution in [-0.2, 0) is 4.74 Å². The highest BCUT2D eigenvalue weighted by Gasteiger charge is 2.18. The van der Waals surface area contributed by atoms with E-state index in [1.807, 2.05) is 0 Å². The Morgan fingerprint density at radius 2 is 2.15 bits per heavy atom. The number of nitro groups is 1. The summed E-state index contributed by atoms with van der Waals surface area (Å²) in [7, 11) is 1.58. The van der Waals surface area contributed by atoms with Gasteiger partial charge in [-0.25, -0.2) is 0 Å². The van der Waals surface area contributed by atoms with Gasteiger partial charge in [0.1, 0.15) is 0 Å². The summed E-state index contributed by atoms with van der Waals surface area (Å²) in [6.45, 7) is 3.18. The van der Waals surface area contributed by atoms with Crippen LogP contribution in [0.4, 0.5) is 5.69 Å². The van der Waals surface area contributed by atoms with Crippen molar-refractivity contribution in [3.05, 3.63) is 39.4 Å². The Morgan fingerprint density at radius 3 is 2.65 bits per heavy atom. The minimum absolute atomic E-state index is 0.0111. The molecule has 0 aliphatic rings. The summed E-state index contributed by atoms with van der Waals surface area (Å²) in [5.74, 6) is -0.145. The number of carbonyl (C=O) groups excluding carboxylic acids is 1. The van der Waals surface area contributed by atoms with E-state index in [0.29, 0.717) is 36.2 Å². The Hall–Kier alpha value is -1.47. The van der Waals surface area contributed by atoms with Gasteiger partial charge in [-0.2, -0.15) is 0 Å². The molecule has 0 aromatic heterocycles. The highest BCUT2D eigenvalue weighted by atomic mass is 79.9. The van der Waals surface area contributed by atoms with E-state index in [-0.39, 0.29) is 11.6 Å². The van der Waals surface area contributed by atoms with E-state index in [4.69, 9.17) is 4.74 Å². The molecule has 20 heavy (non-hydrogen) atoms. The number of alkyl halides is 1. The van der Waals surface area contributed by atoms with Crippen molar-refractivity contribution in [3.63, 3.8) is 0 Å². The number of hydrogen-bond acceptors (Lipinski definition) is 4. The summed E-state index contributed by atoms with van der Waals surface area (Å²) >= 11 is 3.31. The van der Waals surface area contributed by atoms with Crippen LogP contribution in [0, 0.1) is 17.0 Å². The smallest absolute Gasteiger partial charge is 0.269 e. The number of nitro benzene ring substituents is 1. The van der Waals surface area contributed by atoms with E-state index < -0.39 is 4.92 Å². The highest BCUT2D eigenvalue weighted by Crippen LogP contribution is 2.18. The molecule has 6 nitrogen and oxygen atoms in total. The third kappa shape index (κ3) is 4.28. The van der Waals surface area contributed by atoms with Crippen LogP contribution in [0.1, 0.15) is 15.9 Å². The van der Waals surface area contributed by atoms with Crippen LogP contribution in [0.5, 0.6) is 0 Å². The van der Waals surface area contributed by atoms with Crippen molar-refractivity contribution < 1.29 is 14.5 Å². The van der Waals surface area contributed by atoms with E-state index in [9.17, 15) is 14.9 Å². The first kappa shape index (κ1) is 16.6. The zero-order chi connectivity index (χ0) is 15.1. The number of aryl methyl sites for hydroxylation is 1. The quantitative estimate of drug-likeness (QED) is 0.432. The Kier molecular flexibility index (Phi) is 6.60. The van der Waals surface area contributed by atoms with Gasteiger partial charge in [-0.1, -0.05) is 15.9 Å². The first-order valence-corrected chi connectivity index (χ1v) is 7.22. The molecular weight excluding hydrogens is 328 g/mol. The van der Waals surface area contributed by atoms with Crippen LogP contribution in [-0.4, -0.2) is 47.9 Å². The topological polar surface area (TPSA) is 72.7 Å². The molecule has 1 amide bonds. The lowest BCUT2D eigenvalue weighted by Crippen LogP contribution is -2.35. The lowest BCUT2D eigenvalue weighted by Gasteiger charge is -2.22. The predicted molar refractivity (Wildman–Crippen MR) is 79.4 cm³/mol.